The van der Waals surface area contributed by atoms with Crippen LogP contribution in [0.3, 0.4) is 0 Å². The quantitative estimate of drug-likeness (QED) is 0.144. The Balaban J connectivity index is 1.48. The predicted molar refractivity (Wildman–Crippen MR) is 85.8 cm³/mol. The minimum Gasteiger partial charge on any atom is -0.420 e. The van der Waals surface area contributed by atoms with E-state index in [0.29, 0.717) is 19.3 Å². The smallest absolute Gasteiger partial charge is 0.315 e. The van der Waals surface area contributed by atoms with Gasteiger partial charge in [0.2, 0.25) is 34.8 Å². The summed E-state index contributed by atoms with van der Waals surface area (Å²) >= 11 is 1.69. The van der Waals surface area contributed by atoms with Gasteiger partial charge in [-0.25, -0.2) is 18.0 Å². The maximum absolute atomic E-state index is 13.5. The highest BCUT2D eigenvalue weighted by molar-refractivity contribution is 8.00. The largest absolute Gasteiger partial charge is 0.420 e. The average molecular weight is 410 g/mol. The predicted octanol–water partition coefficient (Wildman–Crippen LogP) is 3.01. The van der Waals surface area contributed by atoms with Crippen molar-refractivity contribution in [2.24, 2.45) is 0 Å². The van der Waals surface area contributed by atoms with Gasteiger partial charge >= 0.3 is 12.0 Å². The zero-order valence-electron chi connectivity index (χ0n) is 13.8. The van der Waals surface area contributed by atoms with Crippen LogP contribution in [0, 0.1) is 29.1 Å². The number of benzene rings is 1. The Morgan fingerprint density at radius 1 is 1.00 bits per heavy atom. The van der Waals surface area contributed by atoms with Crippen molar-refractivity contribution in [3.05, 3.63) is 29.1 Å². The van der Waals surface area contributed by atoms with E-state index < -0.39 is 40.8 Å². The van der Waals surface area contributed by atoms with E-state index >= 15 is 0 Å². The second-order valence-electron chi connectivity index (χ2n) is 6.24. The number of carbonyl (C=O) groups is 2. The van der Waals surface area contributed by atoms with Crippen LogP contribution in [-0.4, -0.2) is 35.1 Å². The van der Waals surface area contributed by atoms with Crippen molar-refractivity contribution < 1.29 is 36.3 Å². The number of amides is 2. The molecule has 1 aromatic rings. The topological polar surface area (TPSA) is 67.4 Å². The van der Waals surface area contributed by atoms with Crippen molar-refractivity contribution in [3.8, 4) is 5.75 Å². The Morgan fingerprint density at radius 3 is 2.30 bits per heavy atom. The molecular formula is C16H15F5N2O3S. The summed E-state index contributed by atoms with van der Waals surface area (Å²) in [7, 11) is 0. The number of carbonyl (C=O) groups excluding carboxylic acids is 2. The molecule has 0 bridgehead atoms. The van der Waals surface area contributed by atoms with Crippen LogP contribution in [0.1, 0.15) is 25.7 Å². The summed E-state index contributed by atoms with van der Waals surface area (Å²) < 4.78 is 70.4. The van der Waals surface area contributed by atoms with Crippen LogP contribution in [-0.2, 0) is 4.79 Å². The molecule has 1 aromatic carbocycles. The fourth-order valence-electron chi connectivity index (χ4n) is 3.10. The number of thioether (sulfide) groups is 1. The molecule has 2 aliphatic heterocycles. The summed E-state index contributed by atoms with van der Waals surface area (Å²) in [5.74, 6) is -12.9. The van der Waals surface area contributed by atoms with Crippen LogP contribution in [0.2, 0.25) is 0 Å². The number of rotatable bonds is 6. The minimum atomic E-state index is -2.31. The second-order valence-corrected chi connectivity index (χ2v) is 7.51. The summed E-state index contributed by atoms with van der Waals surface area (Å²) in [6.07, 6.45) is 1.34. The lowest BCUT2D eigenvalue weighted by Crippen LogP contribution is -2.36. The summed E-state index contributed by atoms with van der Waals surface area (Å²) in [5.41, 5.74) is 0. The number of hydrogen-bond donors (Lipinski definition) is 2. The molecule has 148 valence electrons. The summed E-state index contributed by atoms with van der Waals surface area (Å²) in [4.78, 5) is 23.0. The van der Waals surface area contributed by atoms with Crippen LogP contribution < -0.4 is 15.4 Å². The maximum Gasteiger partial charge on any atom is 0.315 e. The summed E-state index contributed by atoms with van der Waals surface area (Å²) in [6.45, 7) is 0. The van der Waals surface area contributed by atoms with Crippen LogP contribution in [0.25, 0.3) is 0 Å². The van der Waals surface area contributed by atoms with Crippen molar-refractivity contribution in [3.63, 3.8) is 0 Å². The lowest BCUT2D eigenvalue weighted by molar-refractivity contribution is -0.135. The van der Waals surface area contributed by atoms with Gasteiger partial charge in [-0.1, -0.05) is 6.42 Å². The van der Waals surface area contributed by atoms with E-state index in [9.17, 15) is 31.5 Å². The standard InChI is InChI=1S/C16H15F5N2O3S/c17-9-10(18)12(20)15(13(21)11(9)19)26-8(24)4-2-1-3-7-14-6(5-27-7)22-16(25)23-14/h6-7,14H,1-5H2,(H2,22,23,25)/t6-,7+,14-/m0/s1. The van der Waals surface area contributed by atoms with E-state index in [-0.39, 0.29) is 29.8 Å². The lowest BCUT2D eigenvalue weighted by Gasteiger charge is -2.16. The number of urea groups is 1. The fourth-order valence-corrected chi connectivity index (χ4v) is 4.64. The van der Waals surface area contributed by atoms with Crippen LogP contribution in [0.15, 0.2) is 0 Å². The summed E-state index contributed by atoms with van der Waals surface area (Å²) in [6, 6.07) is -0.115. The molecule has 2 fully saturated rings. The van der Waals surface area contributed by atoms with Gasteiger partial charge in [0.05, 0.1) is 12.1 Å². The highest BCUT2D eigenvalue weighted by atomic mass is 32.2. The van der Waals surface area contributed by atoms with Gasteiger partial charge in [-0.2, -0.15) is 20.5 Å². The van der Waals surface area contributed by atoms with Gasteiger partial charge in [-0.15, -0.1) is 0 Å². The van der Waals surface area contributed by atoms with E-state index in [2.05, 4.69) is 15.4 Å². The second kappa shape index (κ2) is 7.91. The third-order valence-electron chi connectivity index (χ3n) is 4.44. The number of halogens is 5. The number of hydrogen-bond acceptors (Lipinski definition) is 4. The van der Waals surface area contributed by atoms with Gasteiger partial charge in [0.25, 0.3) is 0 Å². The third kappa shape index (κ3) is 3.97. The number of esters is 1. The highest BCUT2D eigenvalue weighted by Gasteiger charge is 2.42. The molecule has 3 atom stereocenters. The van der Waals surface area contributed by atoms with Crippen LogP contribution in [0.4, 0.5) is 26.7 Å². The van der Waals surface area contributed by atoms with Crippen LogP contribution >= 0.6 is 11.8 Å². The Morgan fingerprint density at radius 2 is 1.63 bits per heavy atom. The lowest BCUT2D eigenvalue weighted by atomic mass is 10.0. The average Bonchev–Trinajstić information content (AvgIpc) is 3.18. The van der Waals surface area contributed by atoms with E-state index in [1.165, 1.54) is 0 Å². The highest BCUT2D eigenvalue weighted by Crippen LogP contribution is 2.33. The molecule has 0 unspecified atom stereocenters. The third-order valence-corrected chi connectivity index (χ3v) is 5.95. The molecule has 0 radical (unpaired) electrons. The summed E-state index contributed by atoms with van der Waals surface area (Å²) in [5, 5.41) is 5.81. The molecule has 2 saturated heterocycles. The van der Waals surface area contributed by atoms with Gasteiger partial charge in [0, 0.05) is 17.4 Å². The molecule has 11 heteroatoms. The molecule has 3 rings (SSSR count). The first-order chi connectivity index (χ1) is 12.8. The molecule has 2 aliphatic rings. The molecular weight excluding hydrogens is 395 g/mol. The van der Waals surface area contributed by atoms with Gasteiger partial charge in [0.15, 0.2) is 0 Å². The first kappa shape index (κ1) is 19.7. The Hall–Kier alpha value is -2.04. The van der Waals surface area contributed by atoms with Crippen molar-refractivity contribution in [2.45, 2.75) is 43.0 Å². The van der Waals surface area contributed by atoms with E-state index in [4.69, 9.17) is 0 Å². The molecule has 2 amide bonds. The molecule has 0 spiro atoms. The Labute approximate surface area is 155 Å². The van der Waals surface area contributed by atoms with Gasteiger partial charge in [-0.3, -0.25) is 4.79 Å². The first-order valence-electron chi connectivity index (χ1n) is 8.20. The van der Waals surface area contributed by atoms with Crippen molar-refractivity contribution in [1.29, 1.82) is 0 Å². The molecule has 27 heavy (non-hydrogen) atoms. The zero-order valence-corrected chi connectivity index (χ0v) is 14.6. The Kier molecular flexibility index (Phi) is 5.78. The number of ether oxygens (including phenoxy) is 1. The van der Waals surface area contributed by atoms with E-state index in [1.54, 1.807) is 11.8 Å². The number of unbranched alkanes of at least 4 members (excludes halogenated alkanes) is 1. The molecule has 2 heterocycles. The van der Waals surface area contributed by atoms with Gasteiger partial charge in [0.1, 0.15) is 0 Å². The zero-order chi connectivity index (χ0) is 19.7. The number of fused-ring (bicyclic) bond motifs is 1. The van der Waals surface area contributed by atoms with E-state index in [0.717, 1.165) is 5.75 Å². The maximum atomic E-state index is 13.5. The Bertz CT molecular complexity index is 750. The van der Waals surface area contributed by atoms with Crippen LogP contribution in [0.5, 0.6) is 5.75 Å². The normalized spacial score (nSPS) is 23.7. The van der Waals surface area contributed by atoms with E-state index in [1.807, 2.05) is 0 Å². The molecule has 0 aliphatic carbocycles. The monoisotopic (exact) mass is 410 g/mol. The molecule has 2 N–H and O–H groups in total. The van der Waals surface area contributed by atoms with Gasteiger partial charge in [-0.05, 0) is 12.8 Å². The van der Waals surface area contributed by atoms with Crippen molar-refractivity contribution >= 4 is 23.8 Å². The number of nitrogens with one attached hydrogen (secondary N) is 2. The SMILES string of the molecule is O=C1N[C@H]2[C@H](CS[C@@H]2CCCCC(=O)Oc2c(F)c(F)c(F)c(F)c2F)N1. The van der Waals surface area contributed by atoms with Crippen molar-refractivity contribution in [2.75, 3.05) is 5.75 Å². The van der Waals surface area contributed by atoms with Gasteiger partial charge < -0.3 is 15.4 Å². The molecule has 0 aromatic heterocycles. The first-order valence-corrected chi connectivity index (χ1v) is 9.25. The minimum absolute atomic E-state index is 0.0165. The fraction of sp³-hybridized carbons (Fsp3) is 0.500. The molecule has 5 nitrogen and oxygen atoms in total. The van der Waals surface area contributed by atoms with Crippen molar-refractivity contribution in [1.82, 2.24) is 10.6 Å². The molecule has 0 saturated carbocycles.